The normalized spacial score (nSPS) is 10.2. The van der Waals surface area contributed by atoms with Crippen molar-refractivity contribution in [3.63, 3.8) is 0 Å². The van der Waals surface area contributed by atoms with E-state index in [0.717, 1.165) is 30.7 Å². The highest BCUT2D eigenvalue weighted by Crippen LogP contribution is 2.08. The summed E-state index contributed by atoms with van der Waals surface area (Å²) in [5, 5.41) is 3.99. The lowest BCUT2D eigenvalue weighted by Crippen LogP contribution is -2.08. The van der Waals surface area contributed by atoms with Crippen molar-refractivity contribution in [2.75, 3.05) is 25.1 Å². The number of nitrogens with zero attached hydrogens (tertiary/aromatic N) is 2. The highest BCUT2D eigenvalue weighted by atomic mass is 32.1. The maximum absolute atomic E-state index is 5.16. The van der Waals surface area contributed by atoms with Gasteiger partial charge in [-0.05, 0) is 13.8 Å². The number of aryl methyl sites for hydroxylation is 1. The van der Waals surface area contributed by atoms with Crippen molar-refractivity contribution >= 4 is 16.7 Å². The molecule has 1 aromatic heterocycles. The minimum atomic E-state index is 0.717. The molecule has 68 valence electrons. The van der Waals surface area contributed by atoms with Crippen LogP contribution in [0.5, 0.6) is 0 Å². The van der Waals surface area contributed by atoms with Gasteiger partial charge in [0.05, 0.1) is 6.61 Å². The van der Waals surface area contributed by atoms with E-state index in [1.54, 1.807) is 0 Å². The van der Waals surface area contributed by atoms with Crippen LogP contribution in [-0.2, 0) is 4.74 Å². The molecule has 0 fully saturated rings. The molecule has 0 radical (unpaired) electrons. The Kier molecular flexibility index (Phi) is 3.96. The number of hydrogen-bond donors (Lipinski definition) is 1. The molecule has 0 saturated carbocycles. The van der Waals surface area contributed by atoms with Crippen LogP contribution in [0.4, 0.5) is 5.13 Å². The SMILES string of the molecule is CCOCCNc1nc(C)ns1. The van der Waals surface area contributed by atoms with E-state index in [-0.39, 0.29) is 0 Å². The predicted octanol–water partition coefficient (Wildman–Crippen LogP) is 1.29. The Balaban J connectivity index is 2.15. The maximum Gasteiger partial charge on any atom is 0.202 e. The van der Waals surface area contributed by atoms with E-state index in [0.29, 0.717) is 0 Å². The van der Waals surface area contributed by atoms with Gasteiger partial charge in [0.1, 0.15) is 5.82 Å². The van der Waals surface area contributed by atoms with E-state index in [1.807, 2.05) is 13.8 Å². The van der Waals surface area contributed by atoms with E-state index in [9.17, 15) is 0 Å². The lowest BCUT2D eigenvalue weighted by Gasteiger charge is -2.00. The number of ether oxygens (including phenoxy) is 1. The molecule has 0 aromatic carbocycles. The van der Waals surface area contributed by atoms with Crippen molar-refractivity contribution in [2.45, 2.75) is 13.8 Å². The lowest BCUT2D eigenvalue weighted by atomic mass is 10.7. The molecule has 1 N–H and O–H groups in total. The van der Waals surface area contributed by atoms with E-state index in [4.69, 9.17) is 4.74 Å². The molecule has 0 spiro atoms. The number of rotatable bonds is 5. The highest BCUT2D eigenvalue weighted by Gasteiger charge is 1.96. The molecule has 0 amide bonds. The molecular weight excluding hydrogens is 174 g/mol. The van der Waals surface area contributed by atoms with Crippen molar-refractivity contribution in [3.05, 3.63) is 5.82 Å². The summed E-state index contributed by atoms with van der Waals surface area (Å²) in [4.78, 5) is 4.15. The second-order valence-electron chi connectivity index (χ2n) is 2.27. The summed E-state index contributed by atoms with van der Waals surface area (Å²) < 4.78 is 9.20. The van der Waals surface area contributed by atoms with Gasteiger partial charge >= 0.3 is 0 Å². The Bertz CT molecular complexity index is 226. The van der Waals surface area contributed by atoms with Crippen molar-refractivity contribution < 1.29 is 4.74 Å². The van der Waals surface area contributed by atoms with E-state index in [2.05, 4.69) is 14.7 Å². The van der Waals surface area contributed by atoms with E-state index < -0.39 is 0 Å². The van der Waals surface area contributed by atoms with Crippen molar-refractivity contribution in [2.24, 2.45) is 0 Å². The molecule has 4 nitrogen and oxygen atoms in total. The fourth-order valence-electron chi connectivity index (χ4n) is 0.743. The molecule has 0 atom stereocenters. The fourth-order valence-corrected chi connectivity index (χ4v) is 1.34. The van der Waals surface area contributed by atoms with Crippen LogP contribution in [0, 0.1) is 6.92 Å². The van der Waals surface area contributed by atoms with Gasteiger partial charge in [-0.15, -0.1) is 0 Å². The van der Waals surface area contributed by atoms with Crippen LogP contribution in [0.3, 0.4) is 0 Å². The van der Waals surface area contributed by atoms with Crippen LogP contribution in [0.1, 0.15) is 12.7 Å². The standard InChI is InChI=1S/C7H13N3OS/c1-3-11-5-4-8-7-9-6(2)10-12-7/h3-5H2,1-2H3,(H,8,9,10). The molecule has 0 bridgehead atoms. The quantitative estimate of drug-likeness (QED) is 0.706. The summed E-state index contributed by atoms with van der Waals surface area (Å²) >= 11 is 1.38. The van der Waals surface area contributed by atoms with Crippen LogP contribution in [0.15, 0.2) is 0 Å². The largest absolute Gasteiger partial charge is 0.380 e. The Hall–Kier alpha value is -0.680. The van der Waals surface area contributed by atoms with Gasteiger partial charge in [0.25, 0.3) is 0 Å². The minimum absolute atomic E-state index is 0.717. The maximum atomic E-state index is 5.16. The van der Waals surface area contributed by atoms with Gasteiger partial charge in [0.15, 0.2) is 0 Å². The third kappa shape index (κ3) is 3.15. The Morgan fingerprint density at radius 3 is 3.00 bits per heavy atom. The van der Waals surface area contributed by atoms with E-state index >= 15 is 0 Å². The van der Waals surface area contributed by atoms with Gasteiger partial charge in [0, 0.05) is 24.7 Å². The first-order chi connectivity index (χ1) is 5.83. The number of aromatic nitrogens is 2. The van der Waals surface area contributed by atoms with Gasteiger partial charge in [-0.2, -0.15) is 4.37 Å². The first kappa shape index (κ1) is 9.41. The second-order valence-corrected chi connectivity index (χ2v) is 3.02. The van der Waals surface area contributed by atoms with E-state index in [1.165, 1.54) is 11.5 Å². The minimum Gasteiger partial charge on any atom is -0.380 e. The molecular formula is C7H13N3OS. The third-order valence-corrected chi connectivity index (χ3v) is 2.02. The molecule has 12 heavy (non-hydrogen) atoms. The zero-order valence-electron chi connectivity index (χ0n) is 7.33. The summed E-state index contributed by atoms with van der Waals surface area (Å²) in [6.07, 6.45) is 0. The summed E-state index contributed by atoms with van der Waals surface area (Å²) in [6.45, 7) is 6.13. The topological polar surface area (TPSA) is 47.0 Å². The molecule has 0 unspecified atom stereocenters. The number of anilines is 1. The Morgan fingerprint density at radius 1 is 1.58 bits per heavy atom. The fraction of sp³-hybridized carbons (Fsp3) is 0.714. The molecule has 1 heterocycles. The van der Waals surface area contributed by atoms with Crippen molar-refractivity contribution in [3.8, 4) is 0 Å². The Labute approximate surface area is 76.1 Å². The predicted molar refractivity (Wildman–Crippen MR) is 49.6 cm³/mol. The Morgan fingerprint density at radius 2 is 2.42 bits per heavy atom. The monoisotopic (exact) mass is 187 g/mol. The smallest absolute Gasteiger partial charge is 0.202 e. The van der Waals surface area contributed by atoms with Gasteiger partial charge in [-0.1, -0.05) is 0 Å². The zero-order chi connectivity index (χ0) is 8.81. The number of nitrogens with one attached hydrogen (secondary N) is 1. The molecule has 0 aliphatic heterocycles. The van der Waals surface area contributed by atoms with Crippen LogP contribution in [0.25, 0.3) is 0 Å². The molecule has 1 rings (SSSR count). The van der Waals surface area contributed by atoms with Gasteiger partial charge in [-0.25, -0.2) is 4.98 Å². The summed E-state index contributed by atoms with van der Waals surface area (Å²) in [6, 6.07) is 0. The second kappa shape index (κ2) is 5.05. The summed E-state index contributed by atoms with van der Waals surface area (Å²) in [5.41, 5.74) is 0. The van der Waals surface area contributed by atoms with Crippen LogP contribution >= 0.6 is 11.5 Å². The first-order valence-corrected chi connectivity index (χ1v) is 4.72. The average molecular weight is 187 g/mol. The van der Waals surface area contributed by atoms with Crippen molar-refractivity contribution in [1.82, 2.24) is 9.36 Å². The lowest BCUT2D eigenvalue weighted by molar-refractivity contribution is 0.158. The van der Waals surface area contributed by atoms with Crippen LogP contribution < -0.4 is 5.32 Å². The van der Waals surface area contributed by atoms with Gasteiger partial charge in [0.2, 0.25) is 5.13 Å². The average Bonchev–Trinajstić information content (AvgIpc) is 2.45. The molecule has 0 aliphatic carbocycles. The molecule has 5 heteroatoms. The van der Waals surface area contributed by atoms with Crippen LogP contribution in [-0.4, -0.2) is 29.1 Å². The van der Waals surface area contributed by atoms with Crippen molar-refractivity contribution in [1.29, 1.82) is 0 Å². The van der Waals surface area contributed by atoms with Crippen LogP contribution in [0.2, 0.25) is 0 Å². The summed E-state index contributed by atoms with van der Waals surface area (Å²) in [5.74, 6) is 0.818. The van der Waals surface area contributed by atoms with Gasteiger partial charge < -0.3 is 10.1 Å². The van der Waals surface area contributed by atoms with Gasteiger partial charge in [-0.3, -0.25) is 0 Å². The number of hydrogen-bond acceptors (Lipinski definition) is 5. The summed E-state index contributed by atoms with van der Waals surface area (Å²) in [7, 11) is 0. The zero-order valence-corrected chi connectivity index (χ0v) is 8.15. The first-order valence-electron chi connectivity index (χ1n) is 3.95. The molecule has 0 saturated heterocycles. The molecule has 1 aromatic rings. The highest BCUT2D eigenvalue weighted by molar-refractivity contribution is 7.09. The third-order valence-electron chi connectivity index (χ3n) is 1.25. The molecule has 0 aliphatic rings.